The van der Waals surface area contributed by atoms with Gasteiger partial charge in [0.05, 0.1) is 7.11 Å². The van der Waals surface area contributed by atoms with Gasteiger partial charge in [0.2, 0.25) is 0 Å². The molecule has 1 aliphatic carbocycles. The van der Waals surface area contributed by atoms with E-state index in [0.717, 1.165) is 18.1 Å². The molecule has 0 saturated heterocycles. The summed E-state index contributed by atoms with van der Waals surface area (Å²) in [6.07, 6.45) is 16.8. The van der Waals surface area contributed by atoms with E-state index in [4.69, 9.17) is 4.74 Å². The van der Waals surface area contributed by atoms with Crippen molar-refractivity contribution in [3.05, 3.63) is 76.9 Å². The molecule has 0 fully saturated rings. The number of aryl methyl sites for hydroxylation is 2. The van der Waals surface area contributed by atoms with Crippen molar-refractivity contribution in [2.45, 2.75) is 114 Å². The molecular formula is C33H56O. The summed E-state index contributed by atoms with van der Waals surface area (Å²) in [5, 5.41) is 0. The Labute approximate surface area is 214 Å². The molecule has 1 aromatic rings. The average molecular weight is 469 g/mol. The SMILES string of the molecule is C=C.CC.CC/C=C(\C)CC/C=C(\C)CCC=C(C)C.COc1cc(C)c2c(c1)CCC(C)C2. The first-order chi connectivity index (χ1) is 16.3. The van der Waals surface area contributed by atoms with Crippen LogP contribution in [0.15, 0.2) is 60.2 Å². The molecule has 0 N–H and O–H groups in total. The minimum atomic E-state index is 0.842. The van der Waals surface area contributed by atoms with Crippen LogP contribution in [0, 0.1) is 12.8 Å². The van der Waals surface area contributed by atoms with E-state index in [-0.39, 0.29) is 0 Å². The first kappa shape index (κ1) is 34.1. The highest BCUT2D eigenvalue weighted by molar-refractivity contribution is 5.43. The second-order valence-corrected chi connectivity index (χ2v) is 9.30. The van der Waals surface area contributed by atoms with Crippen molar-refractivity contribution < 1.29 is 4.74 Å². The standard InChI is InChI=1S/C16H28.C13H18O.C2H6.C2H4/c1-6-9-15(4)12-8-13-16(5)11-7-10-14(2)3;1-9-4-5-11-8-12(14-3)7-10(2)13(11)6-9;2*1-2/h9-10,13H,6-8,11-12H2,1-5H3;7-9H,4-6H2,1-3H3;1-2H3;1-2H2/b15-9+,16-13+;;;. The van der Waals surface area contributed by atoms with E-state index in [0.29, 0.717) is 0 Å². The summed E-state index contributed by atoms with van der Waals surface area (Å²) in [5.41, 5.74) is 8.93. The summed E-state index contributed by atoms with van der Waals surface area (Å²) < 4.78 is 5.29. The number of rotatable bonds is 8. The Morgan fingerprint density at radius 3 is 2.06 bits per heavy atom. The van der Waals surface area contributed by atoms with Crippen molar-refractivity contribution >= 4 is 0 Å². The number of fused-ring (bicyclic) bond motifs is 1. The van der Waals surface area contributed by atoms with Crippen molar-refractivity contribution in [3.8, 4) is 5.75 Å². The van der Waals surface area contributed by atoms with Gasteiger partial charge >= 0.3 is 0 Å². The van der Waals surface area contributed by atoms with Crippen molar-refractivity contribution in [1.82, 2.24) is 0 Å². The van der Waals surface area contributed by atoms with Crippen LogP contribution in [0.3, 0.4) is 0 Å². The lowest BCUT2D eigenvalue weighted by molar-refractivity contribution is 0.411. The van der Waals surface area contributed by atoms with Crippen LogP contribution in [-0.4, -0.2) is 7.11 Å². The van der Waals surface area contributed by atoms with Gasteiger partial charge in [0.15, 0.2) is 0 Å². The quantitative estimate of drug-likeness (QED) is 0.345. The Hall–Kier alpha value is -2.02. The summed E-state index contributed by atoms with van der Waals surface area (Å²) in [5.74, 6) is 1.85. The number of hydrogen-bond donors (Lipinski definition) is 0. The van der Waals surface area contributed by atoms with E-state index in [1.165, 1.54) is 72.8 Å². The largest absolute Gasteiger partial charge is 0.497 e. The van der Waals surface area contributed by atoms with E-state index in [2.05, 4.69) is 92.0 Å². The molecule has 0 spiro atoms. The van der Waals surface area contributed by atoms with Crippen molar-refractivity contribution in [2.24, 2.45) is 5.92 Å². The summed E-state index contributed by atoms with van der Waals surface area (Å²) in [6, 6.07) is 4.35. The number of allylic oxidation sites excluding steroid dienone is 6. The van der Waals surface area contributed by atoms with E-state index < -0.39 is 0 Å². The van der Waals surface area contributed by atoms with E-state index in [1.807, 2.05) is 13.8 Å². The Kier molecular flexibility index (Phi) is 21.6. The third-order valence-electron chi connectivity index (χ3n) is 5.91. The highest BCUT2D eigenvalue weighted by Crippen LogP contribution is 2.31. The first-order valence-electron chi connectivity index (χ1n) is 13.4. The molecule has 1 aromatic carbocycles. The summed E-state index contributed by atoms with van der Waals surface area (Å²) in [6.45, 7) is 25.5. The molecule has 1 unspecified atom stereocenters. The zero-order chi connectivity index (χ0) is 26.5. The monoisotopic (exact) mass is 468 g/mol. The molecule has 2 rings (SSSR count). The Balaban J connectivity index is 0. The molecule has 34 heavy (non-hydrogen) atoms. The van der Waals surface area contributed by atoms with Gasteiger partial charge in [-0.1, -0.05) is 62.6 Å². The fourth-order valence-electron chi connectivity index (χ4n) is 4.03. The highest BCUT2D eigenvalue weighted by Gasteiger charge is 2.17. The van der Waals surface area contributed by atoms with Crippen LogP contribution < -0.4 is 4.74 Å². The molecule has 0 saturated carbocycles. The van der Waals surface area contributed by atoms with Gasteiger partial charge in [-0.25, -0.2) is 0 Å². The number of hydrogen-bond acceptors (Lipinski definition) is 1. The van der Waals surface area contributed by atoms with E-state index in [9.17, 15) is 0 Å². The molecule has 1 nitrogen and oxygen atoms in total. The van der Waals surface area contributed by atoms with Crippen LogP contribution in [0.5, 0.6) is 5.75 Å². The van der Waals surface area contributed by atoms with Crippen LogP contribution in [-0.2, 0) is 12.8 Å². The van der Waals surface area contributed by atoms with Gasteiger partial charge in [0.25, 0.3) is 0 Å². The second-order valence-electron chi connectivity index (χ2n) is 9.30. The van der Waals surface area contributed by atoms with Crippen LogP contribution in [0.1, 0.15) is 111 Å². The molecule has 0 radical (unpaired) electrons. The molecule has 194 valence electrons. The van der Waals surface area contributed by atoms with Gasteiger partial charge in [-0.05, 0) is 121 Å². The van der Waals surface area contributed by atoms with Crippen LogP contribution in [0.2, 0.25) is 0 Å². The molecule has 1 atom stereocenters. The lowest BCUT2D eigenvalue weighted by Crippen LogP contribution is -2.12. The second kappa shape index (κ2) is 21.5. The smallest absolute Gasteiger partial charge is 0.119 e. The zero-order valence-electron chi connectivity index (χ0n) is 24.4. The summed E-state index contributed by atoms with van der Waals surface area (Å²) in [4.78, 5) is 0. The van der Waals surface area contributed by atoms with Gasteiger partial charge in [-0.2, -0.15) is 0 Å². The topological polar surface area (TPSA) is 9.23 Å². The molecular weight excluding hydrogens is 412 g/mol. The maximum Gasteiger partial charge on any atom is 0.119 e. The number of ether oxygens (including phenoxy) is 1. The Bertz CT molecular complexity index is 744. The normalized spacial score (nSPS) is 14.7. The predicted molar refractivity (Wildman–Crippen MR) is 157 cm³/mol. The van der Waals surface area contributed by atoms with Crippen molar-refractivity contribution in [3.63, 3.8) is 0 Å². The van der Waals surface area contributed by atoms with Gasteiger partial charge in [-0.3, -0.25) is 0 Å². The van der Waals surface area contributed by atoms with Gasteiger partial charge < -0.3 is 4.74 Å². The van der Waals surface area contributed by atoms with Gasteiger partial charge in [-0.15, -0.1) is 13.2 Å². The molecule has 1 aliphatic rings. The fourth-order valence-corrected chi connectivity index (χ4v) is 4.03. The highest BCUT2D eigenvalue weighted by atomic mass is 16.5. The molecule has 0 bridgehead atoms. The van der Waals surface area contributed by atoms with Crippen molar-refractivity contribution in [1.29, 1.82) is 0 Å². The van der Waals surface area contributed by atoms with E-state index in [1.54, 1.807) is 12.7 Å². The van der Waals surface area contributed by atoms with Crippen LogP contribution >= 0.6 is 0 Å². The molecule has 0 amide bonds. The third kappa shape index (κ3) is 15.8. The van der Waals surface area contributed by atoms with E-state index >= 15 is 0 Å². The number of methoxy groups -OCH3 is 1. The Morgan fingerprint density at radius 1 is 0.971 bits per heavy atom. The minimum Gasteiger partial charge on any atom is -0.497 e. The van der Waals surface area contributed by atoms with Gasteiger partial charge in [0, 0.05) is 0 Å². The Morgan fingerprint density at radius 2 is 1.53 bits per heavy atom. The fraction of sp³-hybridized carbons (Fsp3) is 0.576. The van der Waals surface area contributed by atoms with Gasteiger partial charge in [0.1, 0.15) is 5.75 Å². The zero-order valence-corrected chi connectivity index (χ0v) is 24.4. The first-order valence-corrected chi connectivity index (χ1v) is 13.4. The number of benzene rings is 1. The maximum atomic E-state index is 5.29. The third-order valence-corrected chi connectivity index (χ3v) is 5.91. The average Bonchev–Trinajstić information content (AvgIpc) is 2.82. The maximum absolute atomic E-state index is 5.29. The lowest BCUT2D eigenvalue weighted by Gasteiger charge is -2.23. The van der Waals surface area contributed by atoms with Crippen LogP contribution in [0.25, 0.3) is 0 Å². The molecule has 1 heteroatoms. The summed E-state index contributed by atoms with van der Waals surface area (Å²) in [7, 11) is 1.74. The predicted octanol–water partition coefficient (Wildman–Crippen LogP) is 10.8. The van der Waals surface area contributed by atoms with Crippen molar-refractivity contribution in [2.75, 3.05) is 7.11 Å². The molecule has 0 aliphatic heterocycles. The summed E-state index contributed by atoms with van der Waals surface area (Å²) >= 11 is 0. The lowest BCUT2D eigenvalue weighted by atomic mass is 9.83. The van der Waals surface area contributed by atoms with Crippen LogP contribution in [0.4, 0.5) is 0 Å². The molecule has 0 heterocycles. The molecule has 0 aromatic heterocycles. The minimum absolute atomic E-state index is 0.842.